The normalized spacial score (nSPS) is 17.7. The molecule has 2 aromatic rings. The van der Waals surface area contributed by atoms with Crippen LogP contribution in [0.5, 0.6) is 5.75 Å². The second-order valence-electron chi connectivity index (χ2n) is 11.3. The summed E-state index contributed by atoms with van der Waals surface area (Å²) in [5.41, 5.74) is 1.76. The van der Waals surface area contributed by atoms with Gasteiger partial charge in [0.1, 0.15) is 5.75 Å². The number of hydrogen-bond donors (Lipinski definition) is 2. The van der Waals surface area contributed by atoms with E-state index in [1.165, 1.54) is 30.7 Å². The summed E-state index contributed by atoms with van der Waals surface area (Å²) in [6.45, 7) is 2.51. The number of morpholine rings is 1. The number of ether oxygens (including phenoxy) is 2. The van der Waals surface area contributed by atoms with Gasteiger partial charge in [-0.15, -0.1) is 13.2 Å². The van der Waals surface area contributed by atoms with Crippen molar-refractivity contribution < 1.29 is 32.2 Å². The number of aryl methyl sites for hydroxylation is 1. The Morgan fingerprint density at radius 1 is 0.976 bits per heavy atom. The van der Waals surface area contributed by atoms with Crippen molar-refractivity contribution in [3.05, 3.63) is 60.2 Å². The average Bonchev–Trinajstić information content (AvgIpc) is 2.99. The van der Waals surface area contributed by atoms with Crippen LogP contribution < -0.4 is 15.4 Å². The minimum atomic E-state index is -4.75. The number of carbonyl (C=O) groups is 2. The van der Waals surface area contributed by atoms with Crippen molar-refractivity contribution in [3.63, 3.8) is 0 Å². The average molecular weight is 590 g/mol. The van der Waals surface area contributed by atoms with E-state index in [2.05, 4.69) is 15.4 Å². The monoisotopic (exact) mass is 589 g/mol. The van der Waals surface area contributed by atoms with Crippen LogP contribution in [0.4, 0.5) is 18.9 Å². The number of halogens is 3. The summed E-state index contributed by atoms with van der Waals surface area (Å²) in [6.07, 6.45) is 3.24. The molecule has 1 aliphatic heterocycles. The van der Waals surface area contributed by atoms with Crippen molar-refractivity contribution in [3.8, 4) is 5.75 Å². The van der Waals surface area contributed by atoms with Crippen LogP contribution in [-0.2, 0) is 20.7 Å². The lowest BCUT2D eigenvalue weighted by Crippen LogP contribution is -2.46. The van der Waals surface area contributed by atoms with Gasteiger partial charge in [-0.3, -0.25) is 9.59 Å². The first kappa shape index (κ1) is 31.7. The van der Waals surface area contributed by atoms with Crippen molar-refractivity contribution in [2.24, 2.45) is 11.8 Å². The zero-order valence-electron chi connectivity index (χ0n) is 24.0. The highest BCUT2D eigenvalue weighted by Crippen LogP contribution is 2.31. The fourth-order valence-electron chi connectivity index (χ4n) is 5.81. The van der Waals surface area contributed by atoms with E-state index >= 15 is 0 Å². The summed E-state index contributed by atoms with van der Waals surface area (Å²) in [4.78, 5) is 28.8. The highest BCUT2D eigenvalue weighted by Gasteiger charge is 2.31. The summed E-state index contributed by atoms with van der Waals surface area (Å²) in [5.74, 6) is -0.394. The second kappa shape index (κ2) is 15.8. The lowest BCUT2D eigenvalue weighted by molar-refractivity contribution is -0.274. The van der Waals surface area contributed by atoms with E-state index in [0.29, 0.717) is 57.3 Å². The van der Waals surface area contributed by atoms with Gasteiger partial charge in [-0.05, 0) is 55.0 Å². The van der Waals surface area contributed by atoms with Gasteiger partial charge in [-0.2, -0.15) is 0 Å². The number of anilines is 1. The number of rotatable bonds is 13. The summed E-state index contributed by atoms with van der Waals surface area (Å²) in [7, 11) is 0. The number of alkyl halides is 3. The van der Waals surface area contributed by atoms with Gasteiger partial charge in [0, 0.05) is 43.7 Å². The highest BCUT2D eigenvalue weighted by atomic mass is 19.4. The Morgan fingerprint density at radius 3 is 2.33 bits per heavy atom. The zero-order chi connectivity index (χ0) is 29.8. The van der Waals surface area contributed by atoms with Gasteiger partial charge < -0.3 is 25.0 Å². The first-order chi connectivity index (χ1) is 20.2. The van der Waals surface area contributed by atoms with Crippen LogP contribution in [0, 0.1) is 11.8 Å². The molecule has 2 aliphatic rings. The zero-order valence-corrected chi connectivity index (χ0v) is 24.0. The van der Waals surface area contributed by atoms with Crippen LogP contribution in [-0.4, -0.2) is 62.0 Å². The third kappa shape index (κ3) is 10.9. The van der Waals surface area contributed by atoms with Crippen molar-refractivity contribution in [2.75, 3.05) is 38.2 Å². The molecule has 1 aliphatic carbocycles. The molecule has 1 saturated heterocycles. The summed E-state index contributed by atoms with van der Waals surface area (Å²) in [5, 5.41) is 6.48. The molecule has 2 fully saturated rings. The van der Waals surface area contributed by atoms with Crippen molar-refractivity contribution >= 4 is 17.5 Å². The Labute approximate surface area is 246 Å². The Bertz CT molecular complexity index is 1100. The third-order valence-electron chi connectivity index (χ3n) is 8.11. The van der Waals surface area contributed by atoms with Crippen LogP contribution in [0.25, 0.3) is 0 Å². The fourth-order valence-corrected chi connectivity index (χ4v) is 5.81. The van der Waals surface area contributed by atoms with Gasteiger partial charge >= 0.3 is 6.36 Å². The molecular formula is C32H42F3N3O4. The second-order valence-corrected chi connectivity index (χ2v) is 11.3. The Morgan fingerprint density at radius 2 is 1.67 bits per heavy atom. The lowest BCUT2D eigenvalue weighted by atomic mass is 9.81. The molecule has 0 spiro atoms. The molecule has 2 N–H and O–H groups in total. The summed E-state index contributed by atoms with van der Waals surface area (Å²) < 4.78 is 47.0. The number of amides is 2. The number of nitrogens with one attached hydrogen (secondary N) is 2. The quantitative estimate of drug-likeness (QED) is 0.302. The standard InChI is InChI=1S/C32H42F3N3O4/c33-32(34,35)42-29-15-13-27(14-16-29)36-23-28(12-11-24-7-3-1-4-8-24)37-31(40)26(21-25-9-5-2-6-10-25)22-30(39)38-17-19-41-20-18-38/h1,3-4,7-8,13-16,25-26,28,36H,2,5-6,9-12,17-23H2,(H,37,40)/t26-,28+/m1/s1. The number of carbonyl (C=O) groups excluding carboxylic acids is 2. The van der Waals surface area contributed by atoms with E-state index in [4.69, 9.17) is 4.74 Å². The smallest absolute Gasteiger partial charge is 0.406 e. The molecule has 2 atom stereocenters. The molecule has 10 heteroatoms. The maximum absolute atomic E-state index is 13.8. The predicted molar refractivity (Wildman–Crippen MR) is 155 cm³/mol. The van der Waals surface area contributed by atoms with Crippen molar-refractivity contribution in [1.29, 1.82) is 0 Å². The Hall–Kier alpha value is -3.27. The van der Waals surface area contributed by atoms with Crippen molar-refractivity contribution in [1.82, 2.24) is 10.2 Å². The van der Waals surface area contributed by atoms with Crippen LogP contribution in [0.3, 0.4) is 0 Å². The molecule has 2 aromatic carbocycles. The molecule has 1 heterocycles. The van der Waals surface area contributed by atoms with E-state index in [9.17, 15) is 22.8 Å². The molecule has 230 valence electrons. The molecule has 0 radical (unpaired) electrons. The number of benzene rings is 2. The van der Waals surface area contributed by atoms with Gasteiger partial charge in [0.25, 0.3) is 0 Å². The predicted octanol–water partition coefficient (Wildman–Crippen LogP) is 5.95. The van der Waals surface area contributed by atoms with Gasteiger partial charge in [0.15, 0.2) is 0 Å². The van der Waals surface area contributed by atoms with Crippen LogP contribution in [0.1, 0.15) is 56.9 Å². The lowest BCUT2D eigenvalue weighted by Gasteiger charge is -2.31. The third-order valence-corrected chi connectivity index (χ3v) is 8.11. The van der Waals surface area contributed by atoms with E-state index in [-0.39, 0.29) is 30.0 Å². The molecule has 0 unspecified atom stereocenters. The minimum Gasteiger partial charge on any atom is -0.406 e. The largest absolute Gasteiger partial charge is 0.573 e. The molecule has 0 aromatic heterocycles. The number of hydrogen-bond acceptors (Lipinski definition) is 5. The van der Waals surface area contributed by atoms with Crippen LogP contribution in [0.2, 0.25) is 0 Å². The fraction of sp³-hybridized carbons (Fsp3) is 0.562. The van der Waals surface area contributed by atoms with Crippen LogP contribution >= 0.6 is 0 Å². The topological polar surface area (TPSA) is 79.9 Å². The summed E-state index contributed by atoms with van der Waals surface area (Å²) in [6, 6.07) is 15.3. The van der Waals surface area contributed by atoms with Gasteiger partial charge in [-0.1, -0.05) is 62.4 Å². The highest BCUT2D eigenvalue weighted by molar-refractivity contribution is 5.86. The first-order valence-corrected chi connectivity index (χ1v) is 15.0. The molecule has 7 nitrogen and oxygen atoms in total. The molecule has 42 heavy (non-hydrogen) atoms. The maximum Gasteiger partial charge on any atom is 0.573 e. The van der Waals surface area contributed by atoms with Gasteiger partial charge in [0.2, 0.25) is 11.8 Å². The molecule has 2 amide bonds. The van der Waals surface area contributed by atoms with Crippen molar-refractivity contribution in [2.45, 2.75) is 70.2 Å². The first-order valence-electron chi connectivity index (χ1n) is 15.0. The Kier molecular flexibility index (Phi) is 11.9. The Balaban J connectivity index is 1.42. The molecule has 4 rings (SSSR count). The SMILES string of the molecule is O=C(N[C@@H](CCc1ccccc1)CNc1ccc(OC(F)(F)F)cc1)[C@@H](CC(=O)N1CCOCC1)CC1CCCCC1. The van der Waals surface area contributed by atoms with E-state index in [1.807, 2.05) is 30.3 Å². The molecular weight excluding hydrogens is 547 g/mol. The minimum absolute atomic E-state index is 0.00520. The van der Waals surface area contributed by atoms with Gasteiger partial charge in [-0.25, -0.2) is 0 Å². The number of nitrogens with zero attached hydrogens (tertiary/aromatic N) is 1. The van der Waals surface area contributed by atoms with E-state index in [0.717, 1.165) is 37.7 Å². The molecule has 1 saturated carbocycles. The van der Waals surface area contributed by atoms with Crippen LogP contribution in [0.15, 0.2) is 54.6 Å². The van der Waals surface area contributed by atoms with Gasteiger partial charge in [0.05, 0.1) is 13.2 Å². The maximum atomic E-state index is 13.8. The van der Waals surface area contributed by atoms with E-state index in [1.54, 1.807) is 4.90 Å². The molecule has 0 bridgehead atoms. The summed E-state index contributed by atoms with van der Waals surface area (Å²) >= 11 is 0. The van der Waals surface area contributed by atoms with E-state index < -0.39 is 12.3 Å².